The molecule has 6 nitrogen and oxygen atoms in total. The highest BCUT2D eigenvalue weighted by molar-refractivity contribution is 7.16. The Morgan fingerprint density at radius 3 is 3.00 bits per heavy atom. The quantitative estimate of drug-likeness (QED) is 0.784. The highest BCUT2D eigenvalue weighted by atomic mass is 32.1. The predicted molar refractivity (Wildman–Crippen MR) is 85.7 cm³/mol. The van der Waals surface area contributed by atoms with E-state index >= 15 is 0 Å². The van der Waals surface area contributed by atoms with Gasteiger partial charge in [0, 0.05) is 5.56 Å². The maximum absolute atomic E-state index is 12.5. The normalized spacial score (nSPS) is 12.7. The standard InChI is InChI=1S/C15H17N5OS/c1-10(2)13(6-20-8-16-7-18-20)19-15(21)11-3-4-12-14(5-11)22-9-17-12/h3-5,7-10,13H,6H2,1-2H3,(H,19,21)/t13-/m0/s1. The monoisotopic (exact) mass is 315 g/mol. The molecule has 7 heteroatoms. The molecule has 1 aromatic carbocycles. The number of hydrogen-bond donors (Lipinski definition) is 1. The van der Waals surface area contributed by atoms with E-state index in [1.807, 2.05) is 18.2 Å². The van der Waals surface area contributed by atoms with Gasteiger partial charge in [-0.3, -0.25) is 9.48 Å². The Labute approximate surface area is 132 Å². The summed E-state index contributed by atoms with van der Waals surface area (Å²) in [5, 5.41) is 7.18. The van der Waals surface area contributed by atoms with Gasteiger partial charge in [-0.1, -0.05) is 13.8 Å². The SMILES string of the molecule is CC(C)[C@H](Cn1cncn1)NC(=O)c1ccc2ncsc2c1. The van der Waals surface area contributed by atoms with Crippen LogP contribution in [0.25, 0.3) is 10.2 Å². The lowest BCUT2D eigenvalue weighted by Crippen LogP contribution is -2.41. The Morgan fingerprint density at radius 1 is 1.41 bits per heavy atom. The highest BCUT2D eigenvalue weighted by Gasteiger charge is 2.18. The molecule has 0 spiro atoms. The van der Waals surface area contributed by atoms with Crippen molar-refractivity contribution >= 4 is 27.5 Å². The number of fused-ring (bicyclic) bond motifs is 1. The van der Waals surface area contributed by atoms with Crippen LogP contribution in [0.1, 0.15) is 24.2 Å². The van der Waals surface area contributed by atoms with Crippen LogP contribution in [0.4, 0.5) is 0 Å². The lowest BCUT2D eigenvalue weighted by atomic mass is 10.0. The van der Waals surface area contributed by atoms with Gasteiger partial charge in [-0.25, -0.2) is 9.97 Å². The van der Waals surface area contributed by atoms with Crippen LogP contribution in [0.5, 0.6) is 0 Å². The van der Waals surface area contributed by atoms with Crippen molar-refractivity contribution in [2.24, 2.45) is 5.92 Å². The molecule has 0 bridgehead atoms. The lowest BCUT2D eigenvalue weighted by molar-refractivity contribution is 0.0919. The zero-order valence-electron chi connectivity index (χ0n) is 12.4. The molecule has 1 amide bonds. The number of carbonyl (C=O) groups excluding carboxylic acids is 1. The third-order valence-electron chi connectivity index (χ3n) is 3.57. The first-order valence-corrected chi connectivity index (χ1v) is 7.98. The zero-order valence-corrected chi connectivity index (χ0v) is 13.2. The Bertz CT molecular complexity index is 765. The molecule has 0 saturated carbocycles. The second-order valence-corrected chi connectivity index (χ2v) is 6.36. The zero-order chi connectivity index (χ0) is 15.5. The minimum Gasteiger partial charge on any atom is -0.347 e. The van der Waals surface area contributed by atoms with E-state index in [2.05, 4.69) is 34.2 Å². The van der Waals surface area contributed by atoms with E-state index in [-0.39, 0.29) is 11.9 Å². The van der Waals surface area contributed by atoms with Gasteiger partial charge in [0.25, 0.3) is 5.91 Å². The Kier molecular flexibility index (Phi) is 4.15. The molecule has 1 atom stereocenters. The largest absolute Gasteiger partial charge is 0.347 e. The highest BCUT2D eigenvalue weighted by Crippen LogP contribution is 2.19. The summed E-state index contributed by atoms with van der Waals surface area (Å²) in [4.78, 5) is 20.6. The van der Waals surface area contributed by atoms with Gasteiger partial charge in [-0.2, -0.15) is 5.10 Å². The van der Waals surface area contributed by atoms with Crippen molar-refractivity contribution in [1.29, 1.82) is 0 Å². The molecule has 0 unspecified atom stereocenters. The Hall–Kier alpha value is -2.28. The maximum atomic E-state index is 12.5. The maximum Gasteiger partial charge on any atom is 0.251 e. The Balaban J connectivity index is 1.75. The molecule has 2 heterocycles. The van der Waals surface area contributed by atoms with E-state index < -0.39 is 0 Å². The van der Waals surface area contributed by atoms with E-state index in [0.29, 0.717) is 18.0 Å². The third-order valence-corrected chi connectivity index (χ3v) is 4.36. The van der Waals surface area contributed by atoms with E-state index in [1.165, 1.54) is 17.7 Å². The minimum absolute atomic E-state index is 0.00800. The molecule has 0 radical (unpaired) electrons. The molecule has 0 aliphatic heterocycles. The van der Waals surface area contributed by atoms with Crippen LogP contribution >= 0.6 is 11.3 Å². The molecule has 1 N–H and O–H groups in total. The second-order valence-electron chi connectivity index (χ2n) is 5.48. The summed E-state index contributed by atoms with van der Waals surface area (Å²) in [6.07, 6.45) is 3.15. The number of nitrogens with one attached hydrogen (secondary N) is 1. The molecule has 0 aliphatic carbocycles. The van der Waals surface area contributed by atoms with Crippen LogP contribution in [0, 0.1) is 5.92 Å². The number of hydrogen-bond acceptors (Lipinski definition) is 5. The first kappa shape index (κ1) is 14.6. The summed E-state index contributed by atoms with van der Waals surface area (Å²) in [6.45, 7) is 4.76. The third kappa shape index (κ3) is 3.14. The van der Waals surface area contributed by atoms with Crippen molar-refractivity contribution in [3.8, 4) is 0 Å². The van der Waals surface area contributed by atoms with Crippen molar-refractivity contribution in [2.75, 3.05) is 0 Å². The number of carbonyl (C=O) groups is 1. The van der Waals surface area contributed by atoms with Crippen LogP contribution in [0.3, 0.4) is 0 Å². The van der Waals surface area contributed by atoms with E-state index in [4.69, 9.17) is 0 Å². The molecule has 3 rings (SSSR count). The number of aromatic nitrogens is 4. The molecule has 0 saturated heterocycles. The van der Waals surface area contributed by atoms with E-state index in [9.17, 15) is 4.79 Å². The summed E-state index contributed by atoms with van der Waals surface area (Å²) in [5.74, 6) is 0.217. The second kappa shape index (κ2) is 6.23. The van der Waals surface area contributed by atoms with Gasteiger partial charge in [0.15, 0.2) is 0 Å². The van der Waals surface area contributed by atoms with Crippen LogP contribution in [0.2, 0.25) is 0 Å². The molecule has 22 heavy (non-hydrogen) atoms. The van der Waals surface area contributed by atoms with Gasteiger partial charge in [-0.05, 0) is 24.1 Å². The molecule has 3 aromatic rings. The number of nitrogens with zero attached hydrogens (tertiary/aromatic N) is 4. The summed E-state index contributed by atoms with van der Waals surface area (Å²) < 4.78 is 2.75. The summed E-state index contributed by atoms with van der Waals surface area (Å²) in [6, 6.07) is 5.56. The number of amides is 1. The topological polar surface area (TPSA) is 72.7 Å². The molecule has 0 aliphatic rings. The average molecular weight is 315 g/mol. The fourth-order valence-corrected chi connectivity index (χ4v) is 2.92. The van der Waals surface area contributed by atoms with Crippen molar-refractivity contribution in [3.05, 3.63) is 41.9 Å². The Morgan fingerprint density at radius 2 is 2.27 bits per heavy atom. The smallest absolute Gasteiger partial charge is 0.251 e. The van der Waals surface area contributed by atoms with Gasteiger partial charge in [0.2, 0.25) is 0 Å². The minimum atomic E-state index is -0.0749. The molecular formula is C15H17N5OS. The van der Waals surface area contributed by atoms with Gasteiger partial charge >= 0.3 is 0 Å². The van der Waals surface area contributed by atoms with Crippen LogP contribution in [-0.4, -0.2) is 31.7 Å². The molecular weight excluding hydrogens is 298 g/mol. The van der Waals surface area contributed by atoms with Gasteiger partial charge in [0.05, 0.1) is 28.3 Å². The predicted octanol–water partition coefficient (Wildman–Crippen LogP) is 2.34. The van der Waals surface area contributed by atoms with Crippen LogP contribution < -0.4 is 5.32 Å². The molecule has 114 valence electrons. The first-order chi connectivity index (χ1) is 10.6. The van der Waals surface area contributed by atoms with Crippen molar-refractivity contribution in [3.63, 3.8) is 0 Å². The van der Waals surface area contributed by atoms with Gasteiger partial charge < -0.3 is 5.32 Å². The van der Waals surface area contributed by atoms with Crippen LogP contribution in [0.15, 0.2) is 36.4 Å². The van der Waals surface area contributed by atoms with E-state index in [1.54, 1.807) is 16.5 Å². The average Bonchev–Trinajstić information content (AvgIpc) is 3.16. The van der Waals surface area contributed by atoms with Gasteiger partial charge in [0.1, 0.15) is 12.7 Å². The number of rotatable bonds is 5. The van der Waals surface area contributed by atoms with Crippen LogP contribution in [-0.2, 0) is 6.54 Å². The summed E-state index contributed by atoms with van der Waals surface area (Å²) >= 11 is 1.53. The van der Waals surface area contributed by atoms with Crippen molar-refractivity contribution < 1.29 is 4.79 Å². The lowest BCUT2D eigenvalue weighted by Gasteiger charge is -2.22. The fraction of sp³-hybridized carbons (Fsp3) is 0.333. The van der Waals surface area contributed by atoms with Gasteiger partial charge in [-0.15, -0.1) is 11.3 Å². The fourth-order valence-electron chi connectivity index (χ4n) is 2.20. The molecule has 2 aromatic heterocycles. The molecule has 0 fully saturated rings. The van der Waals surface area contributed by atoms with Crippen molar-refractivity contribution in [2.45, 2.75) is 26.4 Å². The van der Waals surface area contributed by atoms with E-state index in [0.717, 1.165) is 10.2 Å². The number of thiazole rings is 1. The summed E-state index contributed by atoms with van der Waals surface area (Å²) in [7, 11) is 0. The number of benzene rings is 1. The first-order valence-electron chi connectivity index (χ1n) is 7.10. The van der Waals surface area contributed by atoms with Crippen molar-refractivity contribution in [1.82, 2.24) is 25.1 Å². The summed E-state index contributed by atoms with van der Waals surface area (Å²) in [5.41, 5.74) is 3.36.